The number of anilines is 1. The summed E-state index contributed by atoms with van der Waals surface area (Å²) in [7, 11) is 1.47. The quantitative estimate of drug-likeness (QED) is 0.0894. The third-order valence-electron chi connectivity index (χ3n) is 7.83. The average molecular weight is 675 g/mol. The van der Waals surface area contributed by atoms with Crippen molar-refractivity contribution in [2.75, 3.05) is 12.4 Å². The number of aliphatic hydroxyl groups is 2. The summed E-state index contributed by atoms with van der Waals surface area (Å²) >= 11 is 0. The molecule has 4 aromatic rings. The van der Waals surface area contributed by atoms with Gasteiger partial charge in [-0.3, -0.25) is 9.59 Å². The van der Waals surface area contributed by atoms with E-state index in [1.54, 1.807) is 45.2 Å². The van der Waals surface area contributed by atoms with Crippen LogP contribution in [0, 0.1) is 5.82 Å². The molecule has 2 atom stereocenters. The molecule has 0 aliphatic carbocycles. The maximum absolute atomic E-state index is 14.3. The van der Waals surface area contributed by atoms with Gasteiger partial charge in [0.1, 0.15) is 11.4 Å². The molecule has 0 fully saturated rings. The number of esters is 1. The largest absolute Gasteiger partial charge is 0.467 e. The van der Waals surface area contributed by atoms with Crippen molar-refractivity contribution < 1.29 is 33.7 Å². The van der Waals surface area contributed by atoms with Crippen molar-refractivity contribution in [2.24, 2.45) is 0 Å². The fourth-order valence-electron chi connectivity index (χ4n) is 5.89. The summed E-state index contributed by atoms with van der Waals surface area (Å²) in [4.78, 5) is 35.2. The molecule has 0 radical (unpaired) electrons. The zero-order valence-corrected chi connectivity index (χ0v) is 29.1. The summed E-state index contributed by atoms with van der Waals surface area (Å²) in [5, 5.41) is 24.1. The Morgan fingerprint density at radius 1 is 0.980 bits per heavy atom. The number of para-hydroxylation sites is 1. The first-order chi connectivity index (χ1) is 23.3. The fraction of sp³-hybridized carbons (Fsp3) is 0.421. The molecule has 0 saturated heterocycles. The number of nitrogens with zero attached hydrogens (tertiary/aromatic N) is 3. The van der Waals surface area contributed by atoms with Crippen molar-refractivity contribution in [2.45, 2.75) is 97.0 Å². The van der Waals surface area contributed by atoms with Gasteiger partial charge in [0.05, 0.1) is 42.7 Å². The zero-order chi connectivity index (χ0) is 35.7. The lowest BCUT2D eigenvalue weighted by Crippen LogP contribution is -2.28. The van der Waals surface area contributed by atoms with E-state index >= 15 is 0 Å². The molecule has 0 saturated carbocycles. The third kappa shape index (κ3) is 10.2. The third-order valence-corrected chi connectivity index (χ3v) is 7.83. The lowest BCUT2D eigenvalue weighted by molar-refractivity contribution is -0.157. The van der Waals surface area contributed by atoms with Crippen molar-refractivity contribution >= 4 is 17.6 Å². The van der Waals surface area contributed by atoms with Crippen LogP contribution in [0.2, 0.25) is 0 Å². The van der Waals surface area contributed by atoms with Crippen molar-refractivity contribution in [3.05, 3.63) is 83.9 Å². The van der Waals surface area contributed by atoms with Gasteiger partial charge in [-0.15, -0.1) is 0 Å². The number of hydrogen-bond acceptors (Lipinski definition) is 8. The molecule has 4 rings (SSSR count). The van der Waals surface area contributed by atoms with Gasteiger partial charge in [0.2, 0.25) is 0 Å². The molecule has 49 heavy (non-hydrogen) atoms. The Balaban J connectivity index is 1.70. The van der Waals surface area contributed by atoms with E-state index in [4.69, 9.17) is 9.47 Å². The molecule has 262 valence electrons. The summed E-state index contributed by atoms with van der Waals surface area (Å²) in [6.45, 7) is 9.78. The number of benzene rings is 2. The smallest absolute Gasteiger partial charge is 0.316 e. The number of aliphatic hydroxyl groups excluding tert-OH is 2. The van der Waals surface area contributed by atoms with E-state index in [0.717, 1.165) is 5.69 Å². The minimum absolute atomic E-state index is 0.0460. The predicted molar refractivity (Wildman–Crippen MR) is 187 cm³/mol. The number of methoxy groups -OCH3 is 1. The summed E-state index contributed by atoms with van der Waals surface area (Å²) in [5.41, 5.74) is 3.60. The summed E-state index contributed by atoms with van der Waals surface area (Å²) < 4.78 is 26.9. The summed E-state index contributed by atoms with van der Waals surface area (Å²) in [6.07, 6.45) is 1.19. The first kappa shape index (κ1) is 37.2. The van der Waals surface area contributed by atoms with E-state index in [1.165, 1.54) is 19.2 Å². The van der Waals surface area contributed by atoms with E-state index in [0.29, 0.717) is 59.6 Å². The maximum atomic E-state index is 14.3. The first-order valence-electron chi connectivity index (χ1n) is 16.6. The van der Waals surface area contributed by atoms with Crippen LogP contribution in [0.5, 0.6) is 6.01 Å². The molecule has 0 aliphatic heterocycles. The molecule has 0 bridgehead atoms. The van der Waals surface area contributed by atoms with Gasteiger partial charge in [0.25, 0.3) is 5.91 Å². The lowest BCUT2D eigenvalue weighted by atomic mass is 9.97. The maximum Gasteiger partial charge on any atom is 0.316 e. The van der Waals surface area contributed by atoms with Crippen LogP contribution in [-0.2, 0) is 16.1 Å². The number of carbonyl (C=O) groups is 2. The van der Waals surface area contributed by atoms with Crippen molar-refractivity contribution in [1.82, 2.24) is 14.5 Å². The molecule has 11 heteroatoms. The van der Waals surface area contributed by atoms with Gasteiger partial charge in [0.15, 0.2) is 0 Å². The highest BCUT2D eigenvalue weighted by Crippen LogP contribution is 2.42. The van der Waals surface area contributed by atoms with Crippen molar-refractivity contribution in [3.8, 4) is 28.5 Å². The van der Waals surface area contributed by atoms with Crippen LogP contribution >= 0.6 is 0 Å². The minimum Gasteiger partial charge on any atom is -0.467 e. The van der Waals surface area contributed by atoms with Gasteiger partial charge in [0, 0.05) is 29.7 Å². The van der Waals surface area contributed by atoms with Gasteiger partial charge >= 0.3 is 12.0 Å². The van der Waals surface area contributed by atoms with Crippen LogP contribution in [0.1, 0.15) is 88.7 Å². The first-order valence-corrected chi connectivity index (χ1v) is 16.6. The Morgan fingerprint density at radius 3 is 2.31 bits per heavy atom. The van der Waals surface area contributed by atoms with Crippen LogP contribution < -0.4 is 10.1 Å². The van der Waals surface area contributed by atoms with E-state index in [2.05, 4.69) is 19.9 Å². The second-order valence-corrected chi connectivity index (χ2v) is 13.4. The Kier molecular flexibility index (Phi) is 12.7. The number of amides is 1. The topological polar surface area (TPSA) is 136 Å². The van der Waals surface area contributed by atoms with Crippen molar-refractivity contribution in [1.29, 1.82) is 0 Å². The normalized spacial score (nSPS) is 12.9. The Labute approximate surface area is 287 Å². The van der Waals surface area contributed by atoms with E-state index < -0.39 is 23.8 Å². The van der Waals surface area contributed by atoms with Crippen molar-refractivity contribution in [3.63, 3.8) is 0 Å². The number of unbranched alkanes of at least 4 members (excludes halogenated alkanes) is 1. The van der Waals surface area contributed by atoms with Crippen LogP contribution in [0.3, 0.4) is 0 Å². The molecule has 0 aliphatic rings. The van der Waals surface area contributed by atoms with E-state index in [1.807, 2.05) is 44.2 Å². The van der Waals surface area contributed by atoms with Gasteiger partial charge in [-0.05, 0) is 100 Å². The summed E-state index contributed by atoms with van der Waals surface area (Å²) in [5.74, 6) is -1.33. The van der Waals surface area contributed by atoms with Gasteiger partial charge in [-0.25, -0.2) is 9.37 Å². The van der Waals surface area contributed by atoms with Crippen LogP contribution in [0.25, 0.3) is 22.5 Å². The van der Waals surface area contributed by atoms with Crippen LogP contribution in [0.4, 0.5) is 10.1 Å². The van der Waals surface area contributed by atoms with Crippen LogP contribution in [0.15, 0.2) is 66.9 Å². The zero-order valence-electron chi connectivity index (χ0n) is 29.1. The monoisotopic (exact) mass is 674 g/mol. The second kappa shape index (κ2) is 16.7. The molecule has 1 amide bonds. The molecular weight excluding hydrogens is 627 g/mol. The second-order valence-electron chi connectivity index (χ2n) is 13.4. The van der Waals surface area contributed by atoms with Gasteiger partial charge in [-0.2, -0.15) is 4.98 Å². The highest BCUT2D eigenvalue weighted by Gasteiger charge is 2.31. The molecule has 2 aromatic heterocycles. The predicted octanol–water partition coefficient (Wildman–Crippen LogP) is 7.15. The minimum atomic E-state index is -1.02. The van der Waals surface area contributed by atoms with Gasteiger partial charge in [-0.1, -0.05) is 32.0 Å². The molecule has 0 spiro atoms. The molecule has 3 N–H and O–H groups in total. The average Bonchev–Trinajstić information content (AvgIpc) is 3.38. The fourth-order valence-corrected chi connectivity index (χ4v) is 5.89. The summed E-state index contributed by atoms with van der Waals surface area (Å²) in [6, 6.07) is 17.2. The Hall–Kier alpha value is -4.61. The number of nitrogens with one attached hydrogen (secondary N) is 1. The lowest BCUT2D eigenvalue weighted by Gasteiger charge is -2.21. The molecular formula is C38H47FN4O6. The highest BCUT2D eigenvalue weighted by atomic mass is 19.1. The molecule has 10 nitrogen and oxygen atoms in total. The Bertz CT molecular complexity index is 1700. The number of carbonyl (C=O) groups excluding carboxylic acids is 2. The number of halogens is 1. The number of hydrogen-bond donors (Lipinski definition) is 3. The number of aromatic nitrogens is 3. The SMILES string of the molecule is COc1nccc(-c2c(C(=O)Nc3ccccc3)c(C(C)C)n(CCCC[C@@H](O)C[C@@H](O)CC(=O)OC(C)(C)C)c2-c2ccc(F)cc2)n1. The van der Waals surface area contributed by atoms with E-state index in [9.17, 15) is 24.2 Å². The molecule has 2 heterocycles. The number of ether oxygens (including phenoxy) is 2. The number of rotatable bonds is 15. The van der Waals surface area contributed by atoms with Gasteiger partial charge < -0.3 is 29.6 Å². The molecule has 0 unspecified atom stereocenters. The Morgan fingerprint density at radius 2 is 1.67 bits per heavy atom. The van der Waals surface area contributed by atoms with Crippen LogP contribution in [-0.4, -0.2) is 61.5 Å². The standard InChI is InChI=1S/C38H47FN4O6/c1-24(2)34-33(36(47)41-27-12-8-7-9-13-27)32(30-19-20-40-37(42-30)48-6)35(25-15-17-26(39)18-16-25)43(34)21-11-10-14-28(44)22-29(45)23-31(46)49-38(3,4)5/h7-9,12-13,15-20,24,28-29,44-45H,10-11,14,21-23H2,1-6H3,(H,41,47)/t28-,29-/m1/s1. The molecule has 2 aromatic carbocycles. The highest BCUT2D eigenvalue weighted by molar-refractivity contribution is 6.12. The van der Waals surface area contributed by atoms with E-state index in [-0.39, 0.29) is 36.5 Å².